The van der Waals surface area contributed by atoms with Gasteiger partial charge in [0.15, 0.2) is 5.82 Å². The molecule has 0 bridgehead atoms. The van der Waals surface area contributed by atoms with Crippen LogP contribution in [0.15, 0.2) is 30.6 Å². The molecule has 4 rings (SSSR count). The van der Waals surface area contributed by atoms with E-state index < -0.39 is 39.9 Å². The van der Waals surface area contributed by atoms with Crippen LogP contribution in [0.1, 0.15) is 32.1 Å². The van der Waals surface area contributed by atoms with E-state index in [-0.39, 0.29) is 5.56 Å². The van der Waals surface area contributed by atoms with Crippen molar-refractivity contribution in [2.24, 2.45) is 5.92 Å². The Hall–Kier alpha value is -2.55. The standard InChI is InChI=1S/C19H22FN3O4S/c20-18-15(14-8-9-22(11-14)10-13-4-2-1-3-5-13)6-7-16(24)19(18)23-12-17(25)21-28(23,26)27/h6-9,11,13,24H,1-5,10,12H2,(H,21,25). The van der Waals surface area contributed by atoms with Crippen molar-refractivity contribution in [1.29, 1.82) is 0 Å². The lowest BCUT2D eigenvalue weighted by atomic mass is 9.89. The minimum absolute atomic E-state index is 0.171. The largest absolute Gasteiger partial charge is 0.506 e. The summed E-state index contributed by atoms with van der Waals surface area (Å²) in [5, 5.41) is 10.1. The third-order valence-electron chi connectivity index (χ3n) is 5.42. The first kappa shape index (κ1) is 18.8. The Morgan fingerprint density at radius 2 is 1.93 bits per heavy atom. The molecule has 1 aromatic heterocycles. The molecule has 1 aliphatic heterocycles. The second-order valence-corrected chi connectivity index (χ2v) is 9.03. The lowest BCUT2D eigenvalue weighted by Crippen LogP contribution is -2.30. The van der Waals surface area contributed by atoms with Crippen LogP contribution in [-0.4, -0.2) is 30.5 Å². The maximum atomic E-state index is 15.2. The van der Waals surface area contributed by atoms with Gasteiger partial charge in [-0.3, -0.25) is 4.79 Å². The Balaban J connectivity index is 1.65. The highest BCUT2D eigenvalue weighted by atomic mass is 32.2. The predicted molar refractivity (Wildman–Crippen MR) is 102 cm³/mol. The number of aromatic nitrogens is 1. The zero-order valence-electron chi connectivity index (χ0n) is 15.3. The molecule has 1 saturated carbocycles. The fourth-order valence-corrected chi connectivity index (χ4v) is 5.21. The quantitative estimate of drug-likeness (QED) is 0.815. The van der Waals surface area contributed by atoms with E-state index in [0.717, 1.165) is 6.54 Å². The lowest BCUT2D eigenvalue weighted by Gasteiger charge is -2.21. The Morgan fingerprint density at radius 3 is 2.61 bits per heavy atom. The van der Waals surface area contributed by atoms with Crippen LogP contribution in [0.3, 0.4) is 0 Å². The van der Waals surface area contributed by atoms with Crippen molar-refractivity contribution < 1.29 is 22.7 Å². The molecule has 0 atom stereocenters. The normalized spacial score (nSPS) is 19.8. The molecule has 0 radical (unpaired) electrons. The molecule has 9 heteroatoms. The molecule has 2 fully saturated rings. The Kier molecular flexibility index (Phi) is 4.78. The number of amides is 1. The number of rotatable bonds is 4. The number of carbonyl (C=O) groups is 1. The number of hydrogen-bond donors (Lipinski definition) is 2. The van der Waals surface area contributed by atoms with Gasteiger partial charge in [0.1, 0.15) is 18.0 Å². The predicted octanol–water partition coefficient (Wildman–Crippen LogP) is 2.76. The summed E-state index contributed by atoms with van der Waals surface area (Å²) < 4.78 is 43.7. The number of benzene rings is 1. The van der Waals surface area contributed by atoms with Crippen molar-refractivity contribution in [1.82, 2.24) is 9.29 Å². The molecule has 0 spiro atoms. The van der Waals surface area contributed by atoms with Gasteiger partial charge in [-0.15, -0.1) is 0 Å². The highest BCUT2D eigenvalue weighted by Crippen LogP contribution is 2.39. The number of phenolic OH excluding ortho intramolecular Hbond substituents is 1. The van der Waals surface area contributed by atoms with Gasteiger partial charge in [0, 0.05) is 30.1 Å². The molecule has 0 unspecified atom stereocenters. The molecule has 1 aromatic carbocycles. The fraction of sp³-hybridized carbons (Fsp3) is 0.421. The van der Waals surface area contributed by atoms with Gasteiger partial charge in [-0.2, -0.15) is 8.42 Å². The van der Waals surface area contributed by atoms with E-state index in [1.54, 1.807) is 10.8 Å². The summed E-state index contributed by atoms with van der Waals surface area (Å²) in [6.45, 7) is 0.296. The summed E-state index contributed by atoms with van der Waals surface area (Å²) in [7, 11) is -4.22. The average molecular weight is 407 g/mol. The van der Waals surface area contributed by atoms with Gasteiger partial charge >= 0.3 is 10.2 Å². The zero-order chi connectivity index (χ0) is 19.9. The van der Waals surface area contributed by atoms with Gasteiger partial charge in [-0.1, -0.05) is 19.3 Å². The van der Waals surface area contributed by atoms with Crippen LogP contribution in [0.4, 0.5) is 10.1 Å². The van der Waals surface area contributed by atoms with Crippen LogP contribution in [0.25, 0.3) is 11.1 Å². The third-order valence-corrected chi connectivity index (χ3v) is 6.80. The maximum Gasteiger partial charge on any atom is 0.326 e. The zero-order valence-corrected chi connectivity index (χ0v) is 16.1. The maximum absolute atomic E-state index is 15.2. The van der Waals surface area contributed by atoms with E-state index in [4.69, 9.17) is 0 Å². The van der Waals surface area contributed by atoms with Crippen molar-refractivity contribution in [3.63, 3.8) is 0 Å². The monoisotopic (exact) mass is 407 g/mol. The van der Waals surface area contributed by atoms with E-state index in [9.17, 15) is 18.3 Å². The first-order valence-electron chi connectivity index (χ1n) is 9.36. The molecular formula is C19H22FN3O4S. The summed E-state index contributed by atoms with van der Waals surface area (Å²) >= 11 is 0. The van der Waals surface area contributed by atoms with Crippen molar-refractivity contribution in [3.05, 3.63) is 36.4 Å². The number of anilines is 1. The summed E-state index contributed by atoms with van der Waals surface area (Å²) in [6.07, 6.45) is 9.87. The van der Waals surface area contributed by atoms with Crippen LogP contribution in [0, 0.1) is 11.7 Å². The number of nitrogens with one attached hydrogen (secondary N) is 1. The third kappa shape index (κ3) is 3.46. The summed E-state index contributed by atoms with van der Waals surface area (Å²) in [5.74, 6) is -1.58. The van der Waals surface area contributed by atoms with E-state index in [2.05, 4.69) is 0 Å². The molecule has 2 aliphatic rings. The summed E-state index contributed by atoms with van der Waals surface area (Å²) in [5.41, 5.74) is 0.242. The second kappa shape index (κ2) is 7.12. The molecule has 150 valence electrons. The Labute approximate surface area is 163 Å². The van der Waals surface area contributed by atoms with Crippen LogP contribution in [0.2, 0.25) is 0 Å². The molecule has 1 saturated heterocycles. The first-order chi connectivity index (χ1) is 13.3. The number of hydrogen-bond acceptors (Lipinski definition) is 4. The van der Waals surface area contributed by atoms with Crippen LogP contribution >= 0.6 is 0 Å². The van der Waals surface area contributed by atoms with E-state index in [1.807, 2.05) is 17.0 Å². The Morgan fingerprint density at radius 1 is 1.18 bits per heavy atom. The minimum Gasteiger partial charge on any atom is -0.506 e. The molecule has 2 heterocycles. The molecular weight excluding hydrogens is 385 g/mol. The minimum atomic E-state index is -4.22. The highest BCUT2D eigenvalue weighted by molar-refractivity contribution is 7.92. The SMILES string of the molecule is O=C1CN(c2c(O)ccc(-c3ccn(CC4CCCCC4)c3)c2F)S(=O)(=O)N1. The van der Waals surface area contributed by atoms with E-state index in [1.165, 1.54) is 44.2 Å². The fourth-order valence-electron chi connectivity index (χ4n) is 4.04. The number of nitrogens with zero attached hydrogens (tertiary/aromatic N) is 2. The molecule has 7 nitrogen and oxygen atoms in total. The van der Waals surface area contributed by atoms with Gasteiger partial charge in [-0.05, 0) is 37.0 Å². The van der Waals surface area contributed by atoms with Crippen molar-refractivity contribution in [2.45, 2.75) is 38.6 Å². The van der Waals surface area contributed by atoms with Crippen molar-refractivity contribution >= 4 is 21.8 Å². The van der Waals surface area contributed by atoms with E-state index in [0.29, 0.717) is 15.8 Å². The number of phenols is 1. The highest BCUT2D eigenvalue weighted by Gasteiger charge is 2.38. The van der Waals surface area contributed by atoms with Gasteiger partial charge in [0.05, 0.1) is 0 Å². The number of halogens is 1. The van der Waals surface area contributed by atoms with Gasteiger partial charge in [-0.25, -0.2) is 13.4 Å². The lowest BCUT2D eigenvalue weighted by molar-refractivity contribution is -0.117. The van der Waals surface area contributed by atoms with Gasteiger partial charge in [0.2, 0.25) is 0 Å². The summed E-state index contributed by atoms with van der Waals surface area (Å²) in [6, 6.07) is 4.42. The van der Waals surface area contributed by atoms with Crippen molar-refractivity contribution in [3.8, 4) is 16.9 Å². The van der Waals surface area contributed by atoms with Gasteiger partial charge in [0.25, 0.3) is 5.91 Å². The smallest absolute Gasteiger partial charge is 0.326 e. The first-order valence-corrected chi connectivity index (χ1v) is 10.8. The summed E-state index contributed by atoms with van der Waals surface area (Å²) in [4.78, 5) is 11.5. The number of carbonyl (C=O) groups excluding carboxylic acids is 1. The molecule has 2 aromatic rings. The Bertz CT molecular complexity index is 1010. The molecule has 28 heavy (non-hydrogen) atoms. The van der Waals surface area contributed by atoms with Crippen LogP contribution < -0.4 is 9.03 Å². The molecule has 1 aliphatic carbocycles. The van der Waals surface area contributed by atoms with E-state index >= 15 is 4.39 Å². The van der Waals surface area contributed by atoms with Crippen LogP contribution in [0.5, 0.6) is 5.75 Å². The van der Waals surface area contributed by atoms with Crippen molar-refractivity contribution in [2.75, 3.05) is 10.8 Å². The molecule has 1 amide bonds. The van der Waals surface area contributed by atoms with Gasteiger partial charge < -0.3 is 9.67 Å². The molecule has 2 N–H and O–H groups in total. The number of aromatic hydroxyl groups is 1. The second-order valence-electron chi connectivity index (χ2n) is 7.43. The van der Waals surface area contributed by atoms with Crippen LogP contribution in [-0.2, 0) is 21.5 Å². The average Bonchev–Trinajstić information content (AvgIpc) is 3.19. The topological polar surface area (TPSA) is 91.6 Å².